The summed E-state index contributed by atoms with van der Waals surface area (Å²) < 4.78 is 15.0. The van der Waals surface area contributed by atoms with E-state index in [0.717, 1.165) is 11.2 Å². The van der Waals surface area contributed by atoms with Crippen LogP contribution in [-0.4, -0.2) is 69.4 Å². The first-order valence-corrected chi connectivity index (χ1v) is 13.1. The summed E-state index contributed by atoms with van der Waals surface area (Å²) in [7, 11) is 1.80. The molecule has 0 aliphatic carbocycles. The molecule has 0 saturated carbocycles. The van der Waals surface area contributed by atoms with E-state index in [1.165, 1.54) is 31.2 Å². The smallest absolute Gasteiger partial charge is 0.326 e. The normalized spacial score (nSPS) is 12.7. The van der Waals surface area contributed by atoms with E-state index in [1.54, 1.807) is 7.05 Å². The molecule has 3 N–H and O–H groups in total. The van der Waals surface area contributed by atoms with Crippen molar-refractivity contribution in [1.82, 2.24) is 20.2 Å². The van der Waals surface area contributed by atoms with Crippen LogP contribution in [0.4, 0.5) is 10.1 Å². The van der Waals surface area contributed by atoms with Gasteiger partial charge in [0.15, 0.2) is 0 Å². The van der Waals surface area contributed by atoms with Crippen LogP contribution in [0.3, 0.4) is 0 Å². The van der Waals surface area contributed by atoms with Crippen LogP contribution in [0, 0.1) is 5.82 Å². The van der Waals surface area contributed by atoms with Crippen molar-refractivity contribution < 1.29 is 23.9 Å². The van der Waals surface area contributed by atoms with Crippen LogP contribution in [0.1, 0.15) is 18.3 Å². The van der Waals surface area contributed by atoms with Gasteiger partial charge in [0.25, 0.3) is 0 Å². The summed E-state index contributed by atoms with van der Waals surface area (Å²) in [5.74, 6) is -1.42. The lowest BCUT2D eigenvalue weighted by Crippen LogP contribution is -2.53. The number of carbonyl (C=O) groups is 3. The van der Waals surface area contributed by atoms with Crippen LogP contribution in [0.5, 0.6) is 0 Å². The number of nitrogens with one attached hydrogen (secondary N) is 2. The summed E-state index contributed by atoms with van der Waals surface area (Å²) in [5.41, 5.74) is 2.96. The van der Waals surface area contributed by atoms with Gasteiger partial charge in [0, 0.05) is 57.3 Å². The minimum atomic E-state index is -1.28. The van der Waals surface area contributed by atoms with E-state index in [-0.39, 0.29) is 12.8 Å². The number of alkyl halides is 2. The number of carboxylic acids is 1. The Morgan fingerprint density at radius 3 is 2.26 bits per heavy atom. The van der Waals surface area contributed by atoms with E-state index >= 15 is 0 Å². The van der Waals surface area contributed by atoms with Crippen LogP contribution in [0.2, 0.25) is 0 Å². The Labute approximate surface area is 229 Å². The summed E-state index contributed by atoms with van der Waals surface area (Å²) in [4.78, 5) is 43.6. The number of imidazole rings is 1. The zero-order chi connectivity index (χ0) is 27.8. The first-order chi connectivity index (χ1) is 18.1. The van der Waals surface area contributed by atoms with Gasteiger partial charge in [0.2, 0.25) is 11.8 Å². The van der Waals surface area contributed by atoms with Crippen LogP contribution in [0.25, 0.3) is 11.0 Å². The summed E-state index contributed by atoms with van der Waals surface area (Å²) >= 11 is 11.9. The molecule has 1 heterocycles. The predicted molar refractivity (Wildman–Crippen MR) is 145 cm³/mol. The van der Waals surface area contributed by atoms with E-state index in [1.807, 2.05) is 22.8 Å². The Bertz CT molecular complexity index is 1280. The molecule has 0 bridgehead atoms. The molecule has 0 saturated heterocycles. The van der Waals surface area contributed by atoms with E-state index in [0.29, 0.717) is 41.8 Å². The monoisotopic (exact) mass is 565 g/mol. The SMILES string of the molecule is CC(=O)N[C@@H](Cc1nc2cc(N(CCCl)CCCl)ccc2n1C)C(=O)N[C@@H](Cc1ccc(F)cc1)C(=O)O. The Kier molecular flexibility index (Phi) is 10.3. The summed E-state index contributed by atoms with van der Waals surface area (Å²) in [6, 6.07) is 8.77. The minimum absolute atomic E-state index is 0.0297. The molecule has 0 spiro atoms. The van der Waals surface area contributed by atoms with E-state index in [9.17, 15) is 23.9 Å². The van der Waals surface area contributed by atoms with Crippen LogP contribution in [-0.2, 0) is 34.3 Å². The first-order valence-electron chi connectivity index (χ1n) is 12.0. The number of amides is 2. The van der Waals surface area contributed by atoms with E-state index in [4.69, 9.17) is 23.2 Å². The number of anilines is 1. The zero-order valence-corrected chi connectivity index (χ0v) is 22.6. The molecule has 3 aromatic rings. The van der Waals surface area contributed by atoms with Gasteiger partial charge in [-0.2, -0.15) is 0 Å². The molecule has 0 radical (unpaired) electrons. The Morgan fingerprint density at radius 2 is 1.68 bits per heavy atom. The third kappa shape index (κ3) is 7.58. The maximum atomic E-state index is 13.2. The molecule has 12 heteroatoms. The van der Waals surface area contributed by atoms with E-state index < -0.39 is 35.7 Å². The van der Waals surface area contributed by atoms with Crippen molar-refractivity contribution in [3.63, 3.8) is 0 Å². The average Bonchev–Trinajstić information content (AvgIpc) is 3.18. The molecule has 9 nitrogen and oxygen atoms in total. The number of aryl methyl sites for hydroxylation is 1. The fourth-order valence-corrected chi connectivity index (χ4v) is 4.57. The van der Waals surface area contributed by atoms with Gasteiger partial charge in [-0.3, -0.25) is 9.59 Å². The number of hydrogen-bond donors (Lipinski definition) is 3. The average molecular weight is 566 g/mol. The quantitative estimate of drug-likeness (QED) is 0.274. The van der Waals surface area contributed by atoms with Crippen molar-refractivity contribution in [2.24, 2.45) is 7.05 Å². The van der Waals surface area contributed by atoms with Crippen molar-refractivity contribution in [3.8, 4) is 0 Å². The van der Waals surface area contributed by atoms with Crippen molar-refractivity contribution in [3.05, 3.63) is 59.7 Å². The highest BCUT2D eigenvalue weighted by Crippen LogP contribution is 2.23. The number of carboxylic acid groups (broad SMARTS) is 1. The molecule has 38 heavy (non-hydrogen) atoms. The highest BCUT2D eigenvalue weighted by atomic mass is 35.5. The summed E-state index contributed by atoms with van der Waals surface area (Å²) in [6.07, 6.45) is -0.0216. The number of rotatable bonds is 13. The molecular weight excluding hydrogens is 536 g/mol. The highest BCUT2D eigenvalue weighted by Gasteiger charge is 2.28. The predicted octanol–water partition coefficient (Wildman–Crippen LogP) is 2.86. The maximum absolute atomic E-state index is 13.2. The molecule has 0 aliphatic heterocycles. The number of fused-ring (bicyclic) bond motifs is 1. The second-order valence-electron chi connectivity index (χ2n) is 8.81. The fraction of sp³-hybridized carbons (Fsp3) is 0.385. The third-order valence-electron chi connectivity index (χ3n) is 6.08. The van der Waals surface area contributed by atoms with E-state index in [2.05, 4.69) is 20.5 Å². The second-order valence-corrected chi connectivity index (χ2v) is 9.57. The zero-order valence-electron chi connectivity index (χ0n) is 21.1. The number of hydrogen-bond acceptors (Lipinski definition) is 5. The minimum Gasteiger partial charge on any atom is -0.480 e. The Balaban J connectivity index is 1.83. The van der Waals surface area contributed by atoms with Crippen LogP contribution >= 0.6 is 23.2 Å². The van der Waals surface area contributed by atoms with Gasteiger partial charge in [0.05, 0.1) is 11.0 Å². The lowest BCUT2D eigenvalue weighted by molar-refractivity contribution is -0.142. The molecule has 2 aromatic carbocycles. The highest BCUT2D eigenvalue weighted by molar-refractivity contribution is 6.18. The number of carbonyl (C=O) groups excluding carboxylic acids is 2. The third-order valence-corrected chi connectivity index (χ3v) is 6.42. The van der Waals surface area contributed by atoms with Gasteiger partial charge < -0.3 is 25.2 Å². The maximum Gasteiger partial charge on any atom is 0.326 e. The molecule has 2 amide bonds. The molecular formula is C26H30Cl2FN5O4. The molecule has 0 aliphatic rings. The number of halogens is 3. The molecule has 1 aromatic heterocycles. The topological polar surface area (TPSA) is 117 Å². The van der Waals surface area contributed by atoms with Crippen molar-refractivity contribution >= 4 is 57.7 Å². The second kappa shape index (κ2) is 13.4. The number of nitrogens with zero attached hydrogens (tertiary/aromatic N) is 3. The molecule has 3 rings (SSSR count). The van der Waals surface area contributed by atoms with Gasteiger partial charge in [-0.1, -0.05) is 12.1 Å². The van der Waals surface area contributed by atoms with Crippen molar-refractivity contribution in [2.75, 3.05) is 29.7 Å². The standard InChI is InChI=1S/C26H30Cl2FN5O4/c1-16(35)30-21(25(36)32-22(26(37)38)13-17-3-5-18(29)6-4-17)15-24-31-20-14-19(7-8-23(20)33(24)2)34(11-9-27)12-10-28/h3-8,14,21-22H,9-13,15H2,1-2H3,(H,30,35)(H,32,36)(H,37,38)/t21-,22-/m0/s1. The lowest BCUT2D eigenvalue weighted by Gasteiger charge is -2.22. The number of aromatic nitrogens is 2. The van der Waals surface area contributed by atoms with Gasteiger partial charge in [0.1, 0.15) is 23.7 Å². The number of aliphatic carboxylic acids is 1. The molecule has 204 valence electrons. The molecule has 0 unspecified atom stereocenters. The lowest BCUT2D eigenvalue weighted by atomic mass is 10.0. The number of benzene rings is 2. The van der Waals surface area contributed by atoms with Crippen LogP contribution < -0.4 is 15.5 Å². The van der Waals surface area contributed by atoms with Crippen LogP contribution in [0.15, 0.2) is 42.5 Å². The van der Waals surface area contributed by atoms with Crippen molar-refractivity contribution in [2.45, 2.75) is 31.8 Å². The van der Waals surface area contributed by atoms with Crippen molar-refractivity contribution in [1.29, 1.82) is 0 Å². The fourth-order valence-electron chi connectivity index (χ4n) is 4.16. The van der Waals surface area contributed by atoms with Gasteiger partial charge in [-0.05, 0) is 35.9 Å². The Morgan fingerprint density at radius 1 is 1.03 bits per heavy atom. The van der Waals surface area contributed by atoms with Gasteiger partial charge in [-0.15, -0.1) is 23.2 Å². The molecule has 0 fully saturated rings. The molecule has 2 atom stereocenters. The first kappa shape index (κ1) is 29.2. The van der Waals surface area contributed by atoms with Gasteiger partial charge in [-0.25, -0.2) is 14.2 Å². The van der Waals surface area contributed by atoms with Gasteiger partial charge >= 0.3 is 5.97 Å². The Hall–Kier alpha value is -3.37. The largest absolute Gasteiger partial charge is 0.480 e. The summed E-state index contributed by atoms with van der Waals surface area (Å²) in [6.45, 7) is 2.51. The summed E-state index contributed by atoms with van der Waals surface area (Å²) in [5, 5.41) is 14.8.